The van der Waals surface area contributed by atoms with Gasteiger partial charge in [-0.15, -0.1) is 0 Å². The second-order valence-corrected chi connectivity index (χ2v) is 6.51. The normalized spacial score (nSPS) is 12.9. The lowest BCUT2D eigenvalue weighted by Gasteiger charge is -2.13. The van der Waals surface area contributed by atoms with Crippen LogP contribution in [0.2, 0.25) is 0 Å². The average Bonchev–Trinajstić information content (AvgIpc) is 2.43. The molecule has 0 amide bonds. The van der Waals surface area contributed by atoms with Crippen molar-refractivity contribution in [3.8, 4) is 0 Å². The minimum absolute atomic E-state index is 0.0204. The van der Waals surface area contributed by atoms with Crippen LogP contribution in [0.5, 0.6) is 0 Å². The van der Waals surface area contributed by atoms with Crippen LogP contribution in [0, 0.1) is 10.1 Å². The summed E-state index contributed by atoms with van der Waals surface area (Å²) in [6.45, 7) is 6.09. The molecule has 1 rings (SSSR count). The Morgan fingerprint density at radius 3 is 2.52 bits per heavy atom. The van der Waals surface area contributed by atoms with Crippen molar-refractivity contribution in [2.75, 3.05) is 11.9 Å². The van der Waals surface area contributed by atoms with Crippen LogP contribution >= 0.6 is 0 Å². The van der Waals surface area contributed by atoms with Gasteiger partial charge in [0, 0.05) is 18.7 Å². The largest absolute Gasteiger partial charge is 0.379 e. The number of sulfonamides is 1. The molecule has 2 N–H and O–H groups in total. The highest BCUT2D eigenvalue weighted by molar-refractivity contribution is 7.89. The summed E-state index contributed by atoms with van der Waals surface area (Å²) in [6, 6.07) is 3.57. The van der Waals surface area contributed by atoms with Crippen molar-refractivity contribution in [2.45, 2.75) is 44.6 Å². The fraction of sp³-hybridized carbons (Fsp3) is 0.538. The van der Waals surface area contributed by atoms with Gasteiger partial charge in [0.1, 0.15) is 5.69 Å². The molecule has 8 heteroatoms. The molecular formula is C13H21N3O4S. The topological polar surface area (TPSA) is 101 Å². The number of rotatable bonds is 8. The van der Waals surface area contributed by atoms with E-state index < -0.39 is 14.9 Å². The van der Waals surface area contributed by atoms with E-state index in [0.29, 0.717) is 13.0 Å². The Bertz CT molecular complexity index is 601. The Labute approximate surface area is 124 Å². The lowest BCUT2D eigenvalue weighted by Crippen LogP contribution is -2.32. The second-order valence-electron chi connectivity index (χ2n) is 4.79. The number of hydrogen-bond acceptors (Lipinski definition) is 5. The quantitative estimate of drug-likeness (QED) is 0.567. The van der Waals surface area contributed by atoms with Gasteiger partial charge >= 0.3 is 0 Å². The highest BCUT2D eigenvalue weighted by Gasteiger charge is 2.21. The lowest BCUT2D eigenvalue weighted by atomic mass is 10.2. The van der Waals surface area contributed by atoms with Crippen LogP contribution in [0.1, 0.15) is 33.6 Å². The van der Waals surface area contributed by atoms with E-state index >= 15 is 0 Å². The molecule has 1 atom stereocenters. The van der Waals surface area contributed by atoms with Gasteiger partial charge in [-0.3, -0.25) is 10.1 Å². The fourth-order valence-corrected chi connectivity index (χ4v) is 3.01. The third-order valence-electron chi connectivity index (χ3n) is 3.01. The predicted octanol–water partition coefficient (Wildman–Crippen LogP) is 2.49. The molecule has 118 valence electrons. The Balaban J connectivity index is 3.17. The molecule has 21 heavy (non-hydrogen) atoms. The van der Waals surface area contributed by atoms with Crippen molar-refractivity contribution in [2.24, 2.45) is 0 Å². The zero-order valence-corrected chi connectivity index (χ0v) is 13.2. The van der Waals surface area contributed by atoms with Crippen LogP contribution in [0.3, 0.4) is 0 Å². The fourth-order valence-electron chi connectivity index (χ4n) is 1.66. The van der Waals surface area contributed by atoms with Gasteiger partial charge in [-0.05, 0) is 31.9 Å². The first-order chi connectivity index (χ1) is 9.81. The zero-order valence-electron chi connectivity index (χ0n) is 12.4. The van der Waals surface area contributed by atoms with Crippen LogP contribution in [-0.2, 0) is 10.0 Å². The number of nitrogens with one attached hydrogen (secondary N) is 2. The molecule has 0 bridgehead atoms. The molecule has 0 spiro atoms. The minimum Gasteiger partial charge on any atom is -0.379 e. The van der Waals surface area contributed by atoms with E-state index in [1.165, 1.54) is 18.2 Å². The van der Waals surface area contributed by atoms with E-state index in [1.807, 2.05) is 13.8 Å². The maximum atomic E-state index is 12.2. The van der Waals surface area contributed by atoms with Crippen LogP contribution in [-0.4, -0.2) is 25.9 Å². The number of nitrogens with zero attached hydrogens (tertiary/aromatic N) is 1. The van der Waals surface area contributed by atoms with E-state index in [4.69, 9.17) is 0 Å². The molecule has 0 radical (unpaired) electrons. The Morgan fingerprint density at radius 1 is 1.33 bits per heavy atom. The van der Waals surface area contributed by atoms with Crippen LogP contribution in [0.15, 0.2) is 23.1 Å². The third-order valence-corrected chi connectivity index (χ3v) is 4.60. The SMILES string of the molecule is CCCNc1cc(S(=O)(=O)NC(C)CC)ccc1[N+](=O)[O-]. The van der Waals surface area contributed by atoms with Crippen LogP contribution in [0.25, 0.3) is 0 Å². The molecule has 0 aromatic heterocycles. The Kier molecular flexibility index (Phi) is 6.10. The number of benzene rings is 1. The maximum absolute atomic E-state index is 12.2. The summed E-state index contributed by atoms with van der Waals surface area (Å²) in [7, 11) is -3.67. The van der Waals surface area contributed by atoms with Crippen molar-refractivity contribution >= 4 is 21.4 Å². The molecule has 0 saturated carbocycles. The summed E-state index contributed by atoms with van der Waals surface area (Å²) in [6.07, 6.45) is 1.44. The molecule has 1 aromatic carbocycles. The van der Waals surface area contributed by atoms with Crippen molar-refractivity contribution in [1.82, 2.24) is 4.72 Å². The first-order valence-electron chi connectivity index (χ1n) is 6.86. The summed E-state index contributed by atoms with van der Waals surface area (Å²) in [4.78, 5) is 10.5. The molecule has 0 fully saturated rings. The third kappa shape index (κ3) is 4.68. The molecule has 0 aliphatic heterocycles. The highest BCUT2D eigenvalue weighted by Crippen LogP contribution is 2.27. The van der Waals surface area contributed by atoms with Gasteiger partial charge in [-0.1, -0.05) is 13.8 Å². The van der Waals surface area contributed by atoms with E-state index in [-0.39, 0.29) is 22.3 Å². The molecule has 0 aliphatic carbocycles. The molecule has 0 aliphatic rings. The van der Waals surface area contributed by atoms with Crippen LogP contribution < -0.4 is 10.0 Å². The molecular weight excluding hydrogens is 294 g/mol. The molecule has 1 aromatic rings. The maximum Gasteiger partial charge on any atom is 0.292 e. The van der Waals surface area contributed by atoms with Gasteiger partial charge in [0.2, 0.25) is 10.0 Å². The summed E-state index contributed by atoms with van der Waals surface area (Å²) < 4.78 is 26.9. The second kappa shape index (κ2) is 7.37. The Morgan fingerprint density at radius 2 is 2.00 bits per heavy atom. The van der Waals surface area contributed by atoms with Gasteiger partial charge in [-0.25, -0.2) is 13.1 Å². The smallest absolute Gasteiger partial charge is 0.292 e. The minimum atomic E-state index is -3.67. The number of nitro groups is 1. The first-order valence-corrected chi connectivity index (χ1v) is 8.34. The van der Waals surface area contributed by atoms with Gasteiger partial charge < -0.3 is 5.32 Å². The summed E-state index contributed by atoms with van der Waals surface area (Å²) in [5, 5.41) is 13.9. The van der Waals surface area contributed by atoms with E-state index in [2.05, 4.69) is 10.0 Å². The monoisotopic (exact) mass is 315 g/mol. The van der Waals surface area contributed by atoms with Gasteiger partial charge in [0.15, 0.2) is 0 Å². The number of nitro benzene ring substituents is 1. The Hall–Kier alpha value is -1.67. The van der Waals surface area contributed by atoms with Gasteiger partial charge in [-0.2, -0.15) is 0 Å². The predicted molar refractivity (Wildman–Crippen MR) is 82.0 cm³/mol. The summed E-state index contributed by atoms with van der Waals surface area (Å²) >= 11 is 0. The van der Waals surface area contributed by atoms with Crippen molar-refractivity contribution in [3.05, 3.63) is 28.3 Å². The molecule has 1 unspecified atom stereocenters. The van der Waals surface area contributed by atoms with Crippen molar-refractivity contribution < 1.29 is 13.3 Å². The van der Waals surface area contributed by atoms with E-state index in [1.54, 1.807) is 6.92 Å². The molecule has 7 nitrogen and oxygen atoms in total. The summed E-state index contributed by atoms with van der Waals surface area (Å²) in [5.74, 6) is 0. The standard InChI is InChI=1S/C13H21N3O4S/c1-4-8-14-12-9-11(6-7-13(12)16(17)18)21(19,20)15-10(3)5-2/h6-7,9-10,14-15H,4-5,8H2,1-3H3. The highest BCUT2D eigenvalue weighted by atomic mass is 32.2. The van der Waals surface area contributed by atoms with Gasteiger partial charge in [0.25, 0.3) is 5.69 Å². The first kappa shape index (κ1) is 17.4. The molecule has 0 heterocycles. The lowest BCUT2D eigenvalue weighted by molar-refractivity contribution is -0.384. The number of anilines is 1. The summed E-state index contributed by atoms with van der Waals surface area (Å²) in [5.41, 5.74) is 0.0832. The van der Waals surface area contributed by atoms with E-state index in [0.717, 1.165) is 6.42 Å². The van der Waals surface area contributed by atoms with Crippen molar-refractivity contribution in [3.63, 3.8) is 0 Å². The van der Waals surface area contributed by atoms with Crippen molar-refractivity contribution in [1.29, 1.82) is 0 Å². The number of hydrogen-bond donors (Lipinski definition) is 2. The zero-order chi connectivity index (χ0) is 16.0. The van der Waals surface area contributed by atoms with Gasteiger partial charge in [0.05, 0.1) is 9.82 Å². The molecule has 0 saturated heterocycles. The average molecular weight is 315 g/mol. The van der Waals surface area contributed by atoms with E-state index in [9.17, 15) is 18.5 Å². The van der Waals surface area contributed by atoms with Crippen LogP contribution in [0.4, 0.5) is 11.4 Å².